The lowest BCUT2D eigenvalue weighted by Crippen LogP contribution is -2.41. The highest BCUT2D eigenvalue weighted by Gasteiger charge is 2.36. The summed E-state index contributed by atoms with van der Waals surface area (Å²) in [6.07, 6.45) is 9.18. The number of benzene rings is 4. The molecule has 0 spiro atoms. The number of amides is 2. The predicted octanol–water partition coefficient (Wildman–Crippen LogP) is 6.60. The Bertz CT molecular complexity index is 1740. The molecule has 2 heterocycles. The first kappa shape index (κ1) is 47.7. The van der Waals surface area contributed by atoms with Crippen LogP contribution in [0.2, 0.25) is 0 Å². The summed E-state index contributed by atoms with van der Waals surface area (Å²) in [7, 11) is 0. The van der Waals surface area contributed by atoms with Gasteiger partial charge in [-0.05, 0) is 73.6 Å². The van der Waals surface area contributed by atoms with Crippen LogP contribution in [0.25, 0.3) is 0 Å². The Hall–Kier alpha value is -4.94. The van der Waals surface area contributed by atoms with E-state index in [4.69, 9.17) is 10.8 Å². The van der Waals surface area contributed by atoms with Gasteiger partial charge in [-0.1, -0.05) is 134 Å². The van der Waals surface area contributed by atoms with Crippen LogP contribution in [-0.4, -0.2) is 108 Å². The molecule has 0 aliphatic carbocycles. The Labute approximate surface area is 372 Å². The molecule has 2 aliphatic heterocycles. The van der Waals surface area contributed by atoms with Gasteiger partial charge in [-0.3, -0.25) is 20.4 Å². The first-order chi connectivity index (χ1) is 28.4. The fourth-order valence-corrected chi connectivity index (χ4v) is 8.28. The van der Waals surface area contributed by atoms with Crippen LogP contribution in [0.5, 0.6) is 0 Å². The second-order valence-corrected chi connectivity index (χ2v) is 15.8. The monoisotopic (exact) mass is 850 g/mol. The summed E-state index contributed by atoms with van der Waals surface area (Å²) in [5.74, 6) is 0.788. The maximum absolute atomic E-state index is 13.0. The maximum Gasteiger partial charge on any atom is 0.239 e. The first-order valence-corrected chi connectivity index (χ1v) is 21.3. The van der Waals surface area contributed by atoms with E-state index in [1.54, 1.807) is 0 Å². The smallest absolute Gasteiger partial charge is 0.239 e. The van der Waals surface area contributed by atoms with Crippen molar-refractivity contribution in [2.24, 2.45) is 0 Å². The summed E-state index contributed by atoms with van der Waals surface area (Å²) >= 11 is 0. The van der Waals surface area contributed by atoms with E-state index in [0.717, 1.165) is 77.3 Å². The zero-order valence-electron chi connectivity index (χ0n) is 35.0. The van der Waals surface area contributed by atoms with Crippen molar-refractivity contribution in [3.8, 4) is 0 Å². The van der Waals surface area contributed by atoms with Crippen LogP contribution in [0.4, 0.5) is 0 Å². The van der Waals surface area contributed by atoms with Crippen molar-refractivity contribution < 1.29 is 9.59 Å². The van der Waals surface area contributed by atoms with E-state index in [2.05, 4.69) is 117 Å². The van der Waals surface area contributed by atoms with Gasteiger partial charge in [-0.15, -0.1) is 0 Å². The van der Waals surface area contributed by atoms with E-state index in [-0.39, 0.29) is 64.0 Å². The lowest BCUT2D eigenvalue weighted by atomic mass is 10.0. The van der Waals surface area contributed by atoms with Crippen LogP contribution < -0.4 is 10.6 Å². The third-order valence-corrected chi connectivity index (χ3v) is 11.3. The molecule has 4 aromatic rings. The molecule has 322 valence electrons. The molecule has 2 aliphatic rings. The molecule has 10 nitrogen and oxygen atoms in total. The lowest BCUT2D eigenvalue weighted by molar-refractivity contribution is -0.122. The Kier molecular flexibility index (Phi) is 20.4. The van der Waals surface area contributed by atoms with Gasteiger partial charge in [0.15, 0.2) is 11.9 Å². The van der Waals surface area contributed by atoms with Crippen molar-refractivity contribution in [2.45, 2.75) is 76.3 Å². The number of nitrogens with zero attached hydrogens (tertiary/aromatic N) is 4. The normalized spacial score (nSPS) is 16.1. The largest absolute Gasteiger partial charge is 0.355 e. The summed E-state index contributed by atoms with van der Waals surface area (Å²) in [5.41, 5.74) is 5.10. The molecule has 4 N–H and O–H groups in total. The summed E-state index contributed by atoms with van der Waals surface area (Å²) in [4.78, 5) is 34.2. The van der Waals surface area contributed by atoms with E-state index >= 15 is 0 Å². The summed E-state index contributed by atoms with van der Waals surface area (Å²) in [6.45, 7) is 4.49. The van der Waals surface area contributed by atoms with E-state index < -0.39 is 0 Å². The predicted molar refractivity (Wildman–Crippen MR) is 255 cm³/mol. The summed E-state index contributed by atoms with van der Waals surface area (Å²) in [6, 6.07) is 42.1. The Morgan fingerprint density at radius 2 is 0.817 bits per heavy atom. The molecule has 0 aromatic heterocycles. The van der Waals surface area contributed by atoms with Crippen LogP contribution in [0, 0.1) is 10.8 Å². The molecule has 2 atom stereocenters. The second-order valence-electron chi connectivity index (χ2n) is 15.8. The fourth-order valence-electron chi connectivity index (χ4n) is 8.28. The standard InChI is InChI=1S/C48H62N8O2.2H2S/c49-47-53(35-43(33-41-23-11-5-12-24-41)55(47)31-17-27-39-19-7-3-8-20-39)37-45(57)51-29-15-1-2-16-30-52-46(58)38-54-36-44(34-42-25-13-6-14-26-42)56(48(54)50)32-18-28-40-21-9-4-10-22-40;;/h3-14,19-26,43-44,49-50H,1-2,15-18,27-38H2,(H,51,57)(H,52,58);2*1H2/t43-,44-;;/m0../s1. The minimum Gasteiger partial charge on any atom is -0.355 e. The highest BCUT2D eigenvalue weighted by atomic mass is 32.1. The Morgan fingerprint density at radius 3 is 1.17 bits per heavy atom. The number of aryl methyl sites for hydroxylation is 2. The summed E-state index contributed by atoms with van der Waals surface area (Å²) < 4.78 is 0. The van der Waals surface area contributed by atoms with E-state index in [1.165, 1.54) is 22.3 Å². The highest BCUT2D eigenvalue weighted by Crippen LogP contribution is 2.22. The zero-order chi connectivity index (χ0) is 40.4. The number of carbonyl (C=O) groups excluding carboxylic acids is 2. The molecule has 0 bridgehead atoms. The van der Waals surface area contributed by atoms with Crippen molar-refractivity contribution >= 4 is 50.7 Å². The van der Waals surface area contributed by atoms with Gasteiger partial charge >= 0.3 is 0 Å². The molecule has 0 unspecified atom stereocenters. The van der Waals surface area contributed by atoms with Crippen LogP contribution in [0.15, 0.2) is 121 Å². The quantitative estimate of drug-likeness (QED) is 0.0626. The van der Waals surface area contributed by atoms with Crippen LogP contribution >= 0.6 is 27.0 Å². The molecule has 2 fully saturated rings. The van der Waals surface area contributed by atoms with Crippen LogP contribution in [0.1, 0.15) is 60.8 Å². The maximum atomic E-state index is 13.0. The topological polar surface area (TPSA) is 119 Å². The minimum absolute atomic E-state index is 0. The molecule has 2 amide bonds. The number of carbonyl (C=O) groups is 2. The number of rotatable bonds is 23. The number of guanidine groups is 2. The number of nitrogens with one attached hydrogen (secondary N) is 4. The van der Waals surface area contributed by atoms with Crippen molar-refractivity contribution in [1.29, 1.82) is 10.8 Å². The lowest BCUT2D eigenvalue weighted by Gasteiger charge is -2.25. The fraction of sp³-hybridized carbons (Fsp3) is 0.417. The van der Waals surface area contributed by atoms with Gasteiger partial charge in [-0.2, -0.15) is 27.0 Å². The SMILES string of the molecule is N=C1N(CC(=O)NCCCCCCNC(=O)CN2C[C@H](Cc3ccccc3)N(CCCc3ccccc3)C2=N)C[C@H](Cc2ccccc2)N1CCCc1ccccc1.S.S. The van der Waals surface area contributed by atoms with Crippen molar-refractivity contribution in [2.75, 3.05) is 52.4 Å². The molecule has 0 radical (unpaired) electrons. The molecule has 4 aromatic carbocycles. The second kappa shape index (κ2) is 25.6. The molecule has 60 heavy (non-hydrogen) atoms. The molecular weight excluding hydrogens is 785 g/mol. The zero-order valence-corrected chi connectivity index (χ0v) is 37.0. The van der Waals surface area contributed by atoms with E-state index in [0.29, 0.717) is 38.1 Å². The molecule has 6 rings (SSSR count). The molecule has 0 saturated carbocycles. The van der Waals surface area contributed by atoms with Gasteiger partial charge < -0.3 is 30.2 Å². The number of unbranched alkanes of at least 4 members (excludes halogenated alkanes) is 3. The first-order valence-electron chi connectivity index (χ1n) is 21.3. The average molecular weight is 851 g/mol. The highest BCUT2D eigenvalue weighted by molar-refractivity contribution is 7.59. The van der Waals surface area contributed by atoms with Gasteiger partial charge in [0.1, 0.15) is 0 Å². The number of hydrogen-bond acceptors (Lipinski definition) is 4. The Morgan fingerprint density at radius 1 is 0.483 bits per heavy atom. The molecule has 2 saturated heterocycles. The third kappa shape index (κ3) is 15.0. The molecular formula is C48H66N8O2S2. The van der Waals surface area contributed by atoms with E-state index in [9.17, 15) is 9.59 Å². The average Bonchev–Trinajstić information content (AvgIpc) is 3.69. The van der Waals surface area contributed by atoms with Crippen molar-refractivity contribution in [1.82, 2.24) is 30.2 Å². The number of hydrogen-bond donors (Lipinski definition) is 4. The Balaban J connectivity index is 0.00000397. The van der Waals surface area contributed by atoms with Crippen molar-refractivity contribution in [3.63, 3.8) is 0 Å². The van der Waals surface area contributed by atoms with Crippen LogP contribution in [-0.2, 0) is 35.3 Å². The van der Waals surface area contributed by atoms with E-state index in [1.807, 2.05) is 34.1 Å². The van der Waals surface area contributed by atoms with Gasteiger partial charge in [0.2, 0.25) is 11.8 Å². The van der Waals surface area contributed by atoms with Gasteiger partial charge in [0.05, 0.1) is 25.2 Å². The van der Waals surface area contributed by atoms with Gasteiger partial charge in [-0.25, -0.2) is 0 Å². The van der Waals surface area contributed by atoms with Crippen LogP contribution in [0.3, 0.4) is 0 Å². The molecule has 12 heteroatoms. The van der Waals surface area contributed by atoms with Crippen molar-refractivity contribution in [3.05, 3.63) is 144 Å². The van der Waals surface area contributed by atoms with Gasteiger partial charge in [0, 0.05) is 39.3 Å². The van der Waals surface area contributed by atoms with Gasteiger partial charge in [0.25, 0.3) is 0 Å². The summed E-state index contributed by atoms with van der Waals surface area (Å²) in [5, 5.41) is 24.1. The third-order valence-electron chi connectivity index (χ3n) is 11.3. The minimum atomic E-state index is -0.0464.